The number of likely N-dealkylation sites (tertiary alicyclic amines) is 1. The maximum absolute atomic E-state index is 15.4. The molecular formula is C24H29F3N4O4. The highest BCUT2D eigenvalue weighted by Crippen LogP contribution is 2.34. The first-order chi connectivity index (χ1) is 16.6. The number of rotatable bonds is 7. The summed E-state index contributed by atoms with van der Waals surface area (Å²) in [6, 6.07) is 8.18. The number of halogens is 3. The number of carbonyl (C=O) groups excluding carboxylic acids is 2. The zero-order chi connectivity index (χ0) is 25.7. The number of pyridine rings is 1. The molecule has 0 aliphatic carbocycles. The molecule has 1 aromatic carbocycles. The molecular weight excluding hydrogens is 465 g/mol. The topological polar surface area (TPSA) is 84.0 Å². The third-order valence-electron chi connectivity index (χ3n) is 5.81. The summed E-state index contributed by atoms with van der Waals surface area (Å²) >= 11 is 0. The van der Waals surface area contributed by atoms with Crippen molar-refractivity contribution in [2.24, 2.45) is 0 Å². The van der Waals surface area contributed by atoms with E-state index in [0.717, 1.165) is 5.56 Å². The summed E-state index contributed by atoms with van der Waals surface area (Å²) < 4.78 is 50.8. The number of methoxy groups -OCH3 is 1. The zero-order valence-electron chi connectivity index (χ0n) is 20.0. The first-order valence-corrected chi connectivity index (χ1v) is 11.2. The molecule has 0 radical (unpaired) electrons. The fraction of sp³-hybridized carbons (Fsp3) is 0.458. The first kappa shape index (κ1) is 26.1. The van der Waals surface area contributed by atoms with E-state index in [9.17, 15) is 18.4 Å². The predicted molar refractivity (Wildman–Crippen MR) is 125 cm³/mol. The molecule has 1 N–H and O–H groups in total. The van der Waals surface area contributed by atoms with Crippen molar-refractivity contribution in [3.05, 3.63) is 42.0 Å². The van der Waals surface area contributed by atoms with E-state index < -0.39 is 30.7 Å². The number of amides is 3. The molecule has 2 aromatic rings. The van der Waals surface area contributed by atoms with Crippen molar-refractivity contribution >= 4 is 23.3 Å². The van der Waals surface area contributed by atoms with Crippen LogP contribution in [-0.2, 0) is 4.79 Å². The van der Waals surface area contributed by atoms with Crippen LogP contribution in [0.4, 0.5) is 29.3 Å². The lowest BCUT2D eigenvalue weighted by Crippen LogP contribution is -2.56. The molecule has 1 saturated heterocycles. The van der Waals surface area contributed by atoms with Crippen molar-refractivity contribution in [1.82, 2.24) is 9.88 Å². The number of alkyl halides is 3. The molecule has 0 spiro atoms. The van der Waals surface area contributed by atoms with Gasteiger partial charge in [0.15, 0.2) is 0 Å². The number of benzene rings is 1. The van der Waals surface area contributed by atoms with Crippen LogP contribution in [0.25, 0.3) is 0 Å². The lowest BCUT2D eigenvalue weighted by molar-refractivity contribution is -0.131. The highest BCUT2D eigenvalue weighted by atomic mass is 19.3. The van der Waals surface area contributed by atoms with Gasteiger partial charge in [0, 0.05) is 25.2 Å². The number of aromatic nitrogens is 1. The van der Waals surface area contributed by atoms with Gasteiger partial charge in [0.2, 0.25) is 17.7 Å². The summed E-state index contributed by atoms with van der Waals surface area (Å²) in [5.41, 5.74) is 1.17. The number of hydrogen-bond donors (Lipinski definition) is 1. The summed E-state index contributed by atoms with van der Waals surface area (Å²) in [5.74, 6) is -0.755. The monoisotopic (exact) mass is 494 g/mol. The number of anilines is 2. The standard InChI is InChI=1S/C24H29F3N4O4/c1-14(2)16-7-5-6-8-19(16)31(20-11-12-30(15(3)32)13-17(20)25)24(33)28-18-9-10-21(34-4)29-22(18)35-23(26)27/h5-10,14,17,20,23H,11-13H2,1-4H3,(H,28,33)/t17-,20-/m1/s1. The molecule has 11 heteroatoms. The van der Waals surface area contributed by atoms with Gasteiger partial charge in [-0.3, -0.25) is 9.69 Å². The minimum Gasteiger partial charge on any atom is -0.481 e. The molecule has 1 fully saturated rings. The fourth-order valence-corrected chi connectivity index (χ4v) is 4.09. The van der Waals surface area contributed by atoms with Gasteiger partial charge in [-0.1, -0.05) is 32.0 Å². The van der Waals surface area contributed by atoms with Crippen molar-refractivity contribution in [2.75, 3.05) is 30.4 Å². The van der Waals surface area contributed by atoms with Gasteiger partial charge in [0.05, 0.1) is 19.7 Å². The lowest BCUT2D eigenvalue weighted by Gasteiger charge is -2.41. The van der Waals surface area contributed by atoms with Gasteiger partial charge in [-0.25, -0.2) is 9.18 Å². The van der Waals surface area contributed by atoms with Gasteiger partial charge in [0.25, 0.3) is 0 Å². The molecule has 8 nitrogen and oxygen atoms in total. The van der Waals surface area contributed by atoms with Crippen LogP contribution in [0.15, 0.2) is 36.4 Å². The van der Waals surface area contributed by atoms with Gasteiger partial charge in [0.1, 0.15) is 11.9 Å². The summed E-state index contributed by atoms with van der Waals surface area (Å²) in [7, 11) is 1.31. The molecule has 3 amide bonds. The van der Waals surface area contributed by atoms with Crippen LogP contribution in [0, 0.1) is 0 Å². The van der Waals surface area contributed by atoms with Crippen molar-refractivity contribution in [3.8, 4) is 11.8 Å². The number of urea groups is 1. The van der Waals surface area contributed by atoms with E-state index in [1.54, 1.807) is 12.1 Å². The molecule has 3 rings (SSSR count). The molecule has 2 heterocycles. The Morgan fingerprint density at radius 2 is 1.91 bits per heavy atom. The molecule has 0 bridgehead atoms. The average molecular weight is 495 g/mol. The summed E-state index contributed by atoms with van der Waals surface area (Å²) in [6.07, 6.45) is -1.33. The van der Waals surface area contributed by atoms with Crippen molar-refractivity contribution in [3.63, 3.8) is 0 Å². The van der Waals surface area contributed by atoms with Crippen LogP contribution in [-0.4, -0.2) is 60.8 Å². The van der Waals surface area contributed by atoms with E-state index in [0.29, 0.717) is 5.69 Å². The lowest BCUT2D eigenvalue weighted by atomic mass is 9.96. The van der Waals surface area contributed by atoms with E-state index in [1.165, 1.54) is 36.0 Å². The highest BCUT2D eigenvalue weighted by Gasteiger charge is 2.38. The molecule has 2 atom stereocenters. The van der Waals surface area contributed by atoms with Gasteiger partial charge in [-0.15, -0.1) is 0 Å². The number of nitrogens with zero attached hydrogens (tertiary/aromatic N) is 3. The Morgan fingerprint density at radius 3 is 2.51 bits per heavy atom. The second kappa shape index (κ2) is 11.3. The Morgan fingerprint density at radius 1 is 1.20 bits per heavy atom. The van der Waals surface area contributed by atoms with Gasteiger partial charge < -0.3 is 19.7 Å². The molecule has 190 valence electrons. The Balaban J connectivity index is 2.01. The molecule has 0 unspecified atom stereocenters. The number of hydrogen-bond acceptors (Lipinski definition) is 5. The third-order valence-corrected chi connectivity index (χ3v) is 5.81. The van der Waals surface area contributed by atoms with Crippen LogP contribution >= 0.6 is 0 Å². The van der Waals surface area contributed by atoms with Crippen LogP contribution in [0.2, 0.25) is 0 Å². The van der Waals surface area contributed by atoms with Crippen molar-refractivity contribution < 1.29 is 32.2 Å². The van der Waals surface area contributed by atoms with E-state index in [2.05, 4.69) is 15.0 Å². The number of ether oxygens (including phenoxy) is 2. The van der Waals surface area contributed by atoms with Gasteiger partial charge >= 0.3 is 12.6 Å². The van der Waals surface area contributed by atoms with Crippen molar-refractivity contribution in [1.29, 1.82) is 0 Å². The largest absolute Gasteiger partial charge is 0.481 e. The number of para-hydroxylation sites is 1. The molecule has 0 saturated carbocycles. The van der Waals surface area contributed by atoms with E-state index in [1.807, 2.05) is 26.0 Å². The van der Waals surface area contributed by atoms with Gasteiger partial charge in [-0.05, 0) is 30.0 Å². The summed E-state index contributed by atoms with van der Waals surface area (Å²) in [6.45, 7) is 2.20. The maximum atomic E-state index is 15.4. The summed E-state index contributed by atoms with van der Waals surface area (Å²) in [4.78, 5) is 31.9. The van der Waals surface area contributed by atoms with E-state index >= 15 is 4.39 Å². The first-order valence-electron chi connectivity index (χ1n) is 11.2. The SMILES string of the molecule is COc1ccc(NC(=O)N(c2ccccc2C(C)C)[C@@H]2CCN(C(C)=O)C[C@H]2F)c(OC(F)F)n1. The zero-order valence-corrected chi connectivity index (χ0v) is 20.0. The normalized spacial score (nSPS) is 17.9. The van der Waals surface area contributed by atoms with Crippen LogP contribution in [0.5, 0.6) is 11.8 Å². The minimum atomic E-state index is -3.19. The van der Waals surface area contributed by atoms with Crippen molar-refractivity contribution in [2.45, 2.75) is 51.9 Å². The second-order valence-corrected chi connectivity index (χ2v) is 8.44. The molecule has 1 aromatic heterocycles. The second-order valence-electron chi connectivity index (χ2n) is 8.44. The molecule has 1 aliphatic rings. The fourth-order valence-electron chi connectivity index (χ4n) is 4.09. The van der Waals surface area contributed by atoms with Gasteiger partial charge in [-0.2, -0.15) is 13.8 Å². The quantitative estimate of drug-likeness (QED) is 0.597. The highest BCUT2D eigenvalue weighted by molar-refractivity contribution is 6.03. The summed E-state index contributed by atoms with van der Waals surface area (Å²) in [5, 5.41) is 2.55. The van der Waals surface area contributed by atoms with Crippen LogP contribution in [0.3, 0.4) is 0 Å². The number of nitrogens with one attached hydrogen (secondary N) is 1. The molecule has 1 aliphatic heterocycles. The molecule has 35 heavy (non-hydrogen) atoms. The third kappa shape index (κ3) is 6.14. The maximum Gasteiger partial charge on any atom is 0.388 e. The van der Waals surface area contributed by atoms with Crippen LogP contribution in [0.1, 0.15) is 38.7 Å². The Hall–Kier alpha value is -3.50. The minimum absolute atomic E-state index is 0.0113. The van der Waals surface area contributed by atoms with E-state index in [4.69, 9.17) is 4.74 Å². The Bertz CT molecular complexity index is 1050. The Labute approximate surface area is 202 Å². The van der Waals surface area contributed by atoms with E-state index in [-0.39, 0.29) is 42.9 Å². The predicted octanol–water partition coefficient (Wildman–Crippen LogP) is 4.81. The number of carbonyl (C=O) groups is 2. The van der Waals surface area contributed by atoms with Crippen LogP contribution < -0.4 is 19.7 Å². The Kier molecular flexibility index (Phi) is 8.42. The number of piperidine rings is 1. The smallest absolute Gasteiger partial charge is 0.388 e. The average Bonchev–Trinajstić information content (AvgIpc) is 2.81.